The van der Waals surface area contributed by atoms with E-state index in [-0.39, 0.29) is 5.91 Å². The van der Waals surface area contributed by atoms with Gasteiger partial charge in [-0.1, -0.05) is 5.16 Å². The molecule has 1 N–H and O–H groups in total. The molecule has 1 amide bonds. The largest absolute Gasteiger partial charge is 0.363 e. The average molecular weight is 218 g/mol. The second-order valence-electron chi connectivity index (χ2n) is 3.27. The quantitative estimate of drug-likeness (QED) is 0.822. The lowest BCUT2D eigenvalue weighted by molar-refractivity contribution is 0.102. The van der Waals surface area contributed by atoms with Gasteiger partial charge in [-0.3, -0.25) is 4.79 Å². The van der Waals surface area contributed by atoms with Crippen LogP contribution in [0.1, 0.15) is 21.7 Å². The molecule has 0 aliphatic rings. The summed E-state index contributed by atoms with van der Waals surface area (Å²) < 4.78 is 4.61. The second kappa shape index (κ2) is 4.09. The molecule has 0 aromatic carbocycles. The Labute approximate surface area is 91.7 Å². The summed E-state index contributed by atoms with van der Waals surface area (Å²) in [6, 6.07) is 1.56. The smallest absolute Gasteiger partial charge is 0.275 e. The number of anilines is 1. The van der Waals surface area contributed by atoms with E-state index in [1.807, 2.05) is 6.92 Å². The minimum atomic E-state index is -0.322. The van der Waals surface area contributed by atoms with Crippen LogP contribution < -0.4 is 5.32 Å². The number of rotatable bonds is 2. The number of amides is 1. The number of hydrogen-bond acceptors (Lipinski definition) is 5. The molecule has 82 valence electrons. The first-order valence-electron chi connectivity index (χ1n) is 4.68. The zero-order chi connectivity index (χ0) is 11.5. The highest BCUT2D eigenvalue weighted by Gasteiger charge is 2.13. The maximum atomic E-state index is 11.8. The first-order chi connectivity index (χ1) is 7.68. The molecule has 0 fully saturated rings. The fourth-order valence-corrected chi connectivity index (χ4v) is 1.22. The molecular formula is C10H10N4O2. The van der Waals surface area contributed by atoms with Crippen molar-refractivity contribution in [2.24, 2.45) is 0 Å². The van der Waals surface area contributed by atoms with E-state index in [0.29, 0.717) is 11.5 Å². The van der Waals surface area contributed by atoms with Crippen LogP contribution in [-0.2, 0) is 0 Å². The van der Waals surface area contributed by atoms with Gasteiger partial charge in [-0.2, -0.15) is 0 Å². The molecule has 2 heterocycles. The van der Waals surface area contributed by atoms with Crippen molar-refractivity contribution in [3.05, 3.63) is 35.6 Å². The van der Waals surface area contributed by atoms with Crippen LogP contribution in [0.5, 0.6) is 0 Å². The van der Waals surface area contributed by atoms with E-state index < -0.39 is 0 Å². The Morgan fingerprint density at radius 2 is 2.19 bits per heavy atom. The molecule has 2 aromatic rings. The van der Waals surface area contributed by atoms with Crippen LogP contribution in [0.15, 0.2) is 23.2 Å². The van der Waals surface area contributed by atoms with Crippen LogP contribution in [0.2, 0.25) is 0 Å². The Bertz CT molecular complexity index is 508. The number of aryl methyl sites for hydroxylation is 1. The lowest BCUT2D eigenvalue weighted by Crippen LogP contribution is -2.16. The minimum Gasteiger partial charge on any atom is -0.363 e. The normalized spacial score (nSPS) is 10.1. The number of carbonyl (C=O) groups is 1. The summed E-state index contributed by atoms with van der Waals surface area (Å²) >= 11 is 0. The van der Waals surface area contributed by atoms with Crippen LogP contribution >= 0.6 is 0 Å². The van der Waals surface area contributed by atoms with E-state index in [9.17, 15) is 4.79 Å². The summed E-state index contributed by atoms with van der Waals surface area (Å²) in [6.45, 7) is 3.62. The number of carbonyl (C=O) groups excluding carboxylic acids is 1. The lowest BCUT2D eigenvalue weighted by Gasteiger charge is -2.05. The molecule has 0 saturated heterocycles. The highest BCUT2D eigenvalue weighted by molar-refractivity contribution is 6.03. The fourth-order valence-electron chi connectivity index (χ4n) is 1.22. The Morgan fingerprint density at radius 3 is 2.88 bits per heavy atom. The summed E-state index contributed by atoms with van der Waals surface area (Å²) in [7, 11) is 0. The lowest BCUT2D eigenvalue weighted by atomic mass is 10.2. The maximum absolute atomic E-state index is 11.8. The highest BCUT2D eigenvalue weighted by atomic mass is 16.5. The van der Waals surface area contributed by atoms with Crippen molar-refractivity contribution in [2.75, 3.05) is 5.32 Å². The molecule has 0 atom stereocenters. The maximum Gasteiger partial charge on any atom is 0.275 e. The molecule has 0 saturated carbocycles. The molecule has 0 radical (unpaired) electrons. The predicted octanol–water partition coefficient (Wildman–Crippen LogP) is 1.33. The van der Waals surface area contributed by atoms with Crippen molar-refractivity contribution in [1.82, 2.24) is 15.1 Å². The number of nitrogens with zero attached hydrogens (tertiary/aromatic N) is 3. The Kier molecular flexibility index (Phi) is 2.63. The van der Waals surface area contributed by atoms with Gasteiger partial charge in [0.25, 0.3) is 5.91 Å². The molecule has 0 aliphatic heterocycles. The van der Waals surface area contributed by atoms with E-state index >= 15 is 0 Å². The van der Waals surface area contributed by atoms with Crippen LogP contribution in [0.3, 0.4) is 0 Å². The van der Waals surface area contributed by atoms with Gasteiger partial charge in [0.2, 0.25) is 0 Å². The summed E-state index contributed by atoms with van der Waals surface area (Å²) in [4.78, 5) is 19.7. The van der Waals surface area contributed by atoms with Crippen LogP contribution in [0, 0.1) is 13.8 Å². The highest BCUT2D eigenvalue weighted by Crippen LogP contribution is 2.10. The molecule has 0 aliphatic carbocycles. The molecule has 16 heavy (non-hydrogen) atoms. The standard InChI is InChI=1S/C10H10N4O2/c1-6-7(2)11-5-12-9(6)10(15)13-8-3-4-16-14-8/h3-5H,1-2H3,(H,13,14,15). The fraction of sp³-hybridized carbons (Fsp3) is 0.200. The van der Waals surface area contributed by atoms with E-state index in [4.69, 9.17) is 0 Å². The number of hydrogen-bond donors (Lipinski definition) is 1. The molecule has 6 nitrogen and oxygen atoms in total. The van der Waals surface area contributed by atoms with Crippen molar-refractivity contribution in [3.63, 3.8) is 0 Å². The average Bonchev–Trinajstić information content (AvgIpc) is 2.74. The van der Waals surface area contributed by atoms with Gasteiger partial charge in [-0.05, 0) is 13.8 Å². The third-order valence-corrected chi connectivity index (χ3v) is 2.23. The zero-order valence-corrected chi connectivity index (χ0v) is 8.89. The number of nitrogens with one attached hydrogen (secondary N) is 1. The van der Waals surface area contributed by atoms with Crippen LogP contribution in [0.25, 0.3) is 0 Å². The molecule has 6 heteroatoms. The topological polar surface area (TPSA) is 80.9 Å². The first-order valence-corrected chi connectivity index (χ1v) is 4.68. The summed E-state index contributed by atoms with van der Waals surface area (Å²) in [5, 5.41) is 6.16. The van der Waals surface area contributed by atoms with Crippen molar-refractivity contribution in [1.29, 1.82) is 0 Å². The third kappa shape index (κ3) is 1.90. The SMILES string of the molecule is Cc1ncnc(C(=O)Nc2ccon2)c1C. The molecule has 2 aromatic heterocycles. The second-order valence-corrected chi connectivity index (χ2v) is 3.27. The zero-order valence-electron chi connectivity index (χ0n) is 8.89. The third-order valence-electron chi connectivity index (χ3n) is 2.23. The van der Waals surface area contributed by atoms with E-state index in [1.54, 1.807) is 13.0 Å². The van der Waals surface area contributed by atoms with Gasteiger partial charge in [0.1, 0.15) is 18.3 Å². The van der Waals surface area contributed by atoms with Crippen molar-refractivity contribution in [3.8, 4) is 0 Å². The van der Waals surface area contributed by atoms with Gasteiger partial charge >= 0.3 is 0 Å². The molecular weight excluding hydrogens is 208 g/mol. The molecule has 0 unspecified atom stereocenters. The molecule has 2 rings (SSSR count). The Morgan fingerprint density at radius 1 is 1.38 bits per heavy atom. The predicted molar refractivity (Wildman–Crippen MR) is 56.0 cm³/mol. The monoisotopic (exact) mass is 218 g/mol. The van der Waals surface area contributed by atoms with Gasteiger partial charge in [0.05, 0.1) is 0 Å². The summed E-state index contributed by atoms with van der Waals surface area (Å²) in [6.07, 6.45) is 2.74. The minimum absolute atomic E-state index is 0.322. The van der Waals surface area contributed by atoms with Crippen molar-refractivity contribution < 1.29 is 9.32 Å². The van der Waals surface area contributed by atoms with Gasteiger partial charge in [0, 0.05) is 17.3 Å². The van der Waals surface area contributed by atoms with Gasteiger partial charge in [-0.25, -0.2) is 9.97 Å². The molecule has 0 spiro atoms. The van der Waals surface area contributed by atoms with Gasteiger partial charge in [0.15, 0.2) is 5.82 Å². The van der Waals surface area contributed by atoms with Gasteiger partial charge in [-0.15, -0.1) is 0 Å². The number of aromatic nitrogens is 3. The molecule has 0 bridgehead atoms. The van der Waals surface area contributed by atoms with Crippen molar-refractivity contribution in [2.45, 2.75) is 13.8 Å². The van der Waals surface area contributed by atoms with E-state index in [1.165, 1.54) is 12.6 Å². The van der Waals surface area contributed by atoms with E-state index in [0.717, 1.165) is 11.3 Å². The summed E-state index contributed by atoms with van der Waals surface area (Å²) in [5.41, 5.74) is 1.87. The van der Waals surface area contributed by atoms with Crippen LogP contribution in [-0.4, -0.2) is 21.0 Å². The summed E-state index contributed by atoms with van der Waals surface area (Å²) in [5.74, 6) is 0.0394. The first kappa shape index (κ1) is 10.3. The van der Waals surface area contributed by atoms with Crippen LogP contribution in [0.4, 0.5) is 5.82 Å². The van der Waals surface area contributed by atoms with Gasteiger partial charge < -0.3 is 9.84 Å². The Hall–Kier alpha value is -2.24. The van der Waals surface area contributed by atoms with Crippen molar-refractivity contribution >= 4 is 11.7 Å². The Balaban J connectivity index is 2.24. The van der Waals surface area contributed by atoms with E-state index in [2.05, 4.69) is 25.0 Å².